The van der Waals surface area contributed by atoms with Crippen LogP contribution in [0.15, 0.2) is 18.2 Å². The van der Waals surface area contributed by atoms with E-state index in [1.165, 1.54) is 0 Å². The Bertz CT molecular complexity index is 253. The van der Waals surface area contributed by atoms with Crippen LogP contribution < -0.4 is 5.32 Å². The van der Waals surface area contributed by atoms with E-state index in [1.54, 1.807) is 25.2 Å². The van der Waals surface area contributed by atoms with E-state index in [2.05, 4.69) is 5.32 Å². The maximum absolute atomic E-state index is 9.39. The molecule has 66 valence electrons. The summed E-state index contributed by atoms with van der Waals surface area (Å²) in [5, 5.41) is 21.7. The fraction of sp³-hybridized carbons (Fsp3) is 0.333. The quantitative estimate of drug-likeness (QED) is 0.623. The molecule has 0 aliphatic heterocycles. The van der Waals surface area contributed by atoms with Gasteiger partial charge in [-0.2, -0.15) is 0 Å². The zero-order valence-corrected chi connectivity index (χ0v) is 7.20. The van der Waals surface area contributed by atoms with Crippen molar-refractivity contribution in [3.63, 3.8) is 0 Å². The Balaban J connectivity index is 3.12. The van der Waals surface area contributed by atoms with E-state index in [-0.39, 0.29) is 17.5 Å². The first-order valence-corrected chi connectivity index (χ1v) is 3.85. The van der Waals surface area contributed by atoms with Crippen molar-refractivity contribution in [1.29, 1.82) is 0 Å². The van der Waals surface area contributed by atoms with E-state index < -0.39 is 0 Å². The molecule has 0 aliphatic rings. The Hall–Kier alpha value is -1.22. The van der Waals surface area contributed by atoms with Gasteiger partial charge in [0.1, 0.15) is 11.5 Å². The summed E-state index contributed by atoms with van der Waals surface area (Å²) in [6, 6.07) is 4.67. The van der Waals surface area contributed by atoms with Gasteiger partial charge in [-0.3, -0.25) is 0 Å². The van der Waals surface area contributed by atoms with E-state index in [1.807, 2.05) is 6.92 Å². The summed E-state index contributed by atoms with van der Waals surface area (Å²) in [4.78, 5) is 0. The van der Waals surface area contributed by atoms with Crippen LogP contribution in [-0.4, -0.2) is 17.3 Å². The Kier molecular flexibility index (Phi) is 2.55. The molecule has 0 aliphatic carbocycles. The third-order valence-corrected chi connectivity index (χ3v) is 1.93. The van der Waals surface area contributed by atoms with Crippen molar-refractivity contribution in [1.82, 2.24) is 5.32 Å². The highest BCUT2D eigenvalue weighted by molar-refractivity contribution is 5.44. The molecule has 3 heteroatoms. The van der Waals surface area contributed by atoms with Crippen LogP contribution in [0.2, 0.25) is 0 Å². The van der Waals surface area contributed by atoms with Gasteiger partial charge >= 0.3 is 0 Å². The monoisotopic (exact) mass is 167 g/mol. The topological polar surface area (TPSA) is 52.5 Å². The van der Waals surface area contributed by atoms with Gasteiger partial charge < -0.3 is 15.5 Å². The van der Waals surface area contributed by atoms with E-state index in [0.29, 0.717) is 5.56 Å². The second-order valence-electron chi connectivity index (χ2n) is 2.72. The lowest BCUT2D eigenvalue weighted by atomic mass is 10.1. The van der Waals surface area contributed by atoms with Crippen molar-refractivity contribution in [3.05, 3.63) is 23.8 Å². The molecule has 0 bridgehead atoms. The first-order chi connectivity index (χ1) is 5.66. The van der Waals surface area contributed by atoms with Gasteiger partial charge in [0.15, 0.2) is 0 Å². The summed E-state index contributed by atoms with van der Waals surface area (Å²) >= 11 is 0. The molecule has 1 aromatic rings. The summed E-state index contributed by atoms with van der Waals surface area (Å²) < 4.78 is 0. The molecule has 0 amide bonds. The van der Waals surface area contributed by atoms with E-state index in [4.69, 9.17) is 0 Å². The van der Waals surface area contributed by atoms with Crippen LogP contribution in [0.3, 0.4) is 0 Å². The Labute approximate surface area is 71.7 Å². The average Bonchev–Trinajstić information content (AvgIpc) is 2.03. The normalized spacial score (nSPS) is 12.8. The second-order valence-corrected chi connectivity index (χ2v) is 2.72. The zero-order valence-electron chi connectivity index (χ0n) is 7.20. The maximum Gasteiger partial charge on any atom is 0.124 e. The number of phenolic OH excluding ortho intramolecular Hbond substituents is 2. The van der Waals surface area contributed by atoms with Crippen molar-refractivity contribution < 1.29 is 10.2 Å². The second kappa shape index (κ2) is 3.45. The molecule has 0 radical (unpaired) electrons. The summed E-state index contributed by atoms with van der Waals surface area (Å²) in [5.74, 6) is 0.244. The molecule has 1 atom stereocenters. The molecule has 0 unspecified atom stereocenters. The lowest BCUT2D eigenvalue weighted by Crippen LogP contribution is -2.12. The van der Waals surface area contributed by atoms with Gasteiger partial charge in [-0.05, 0) is 26.1 Å². The largest absolute Gasteiger partial charge is 0.507 e. The number of benzene rings is 1. The number of aromatic hydroxyl groups is 2. The van der Waals surface area contributed by atoms with Gasteiger partial charge in [-0.1, -0.05) is 6.07 Å². The van der Waals surface area contributed by atoms with Crippen LogP contribution in [-0.2, 0) is 0 Å². The number of phenols is 2. The molecule has 0 aromatic heterocycles. The van der Waals surface area contributed by atoms with Crippen LogP contribution in [0.1, 0.15) is 18.5 Å². The predicted molar refractivity (Wildman–Crippen MR) is 47.2 cm³/mol. The van der Waals surface area contributed by atoms with Gasteiger partial charge in [0.2, 0.25) is 0 Å². The molecule has 12 heavy (non-hydrogen) atoms. The van der Waals surface area contributed by atoms with E-state index >= 15 is 0 Å². The minimum atomic E-state index is -0.0498. The Morgan fingerprint density at radius 1 is 1.25 bits per heavy atom. The van der Waals surface area contributed by atoms with Gasteiger partial charge in [-0.25, -0.2) is 0 Å². The van der Waals surface area contributed by atoms with Crippen LogP contribution >= 0.6 is 0 Å². The van der Waals surface area contributed by atoms with Crippen molar-refractivity contribution in [2.24, 2.45) is 0 Å². The Morgan fingerprint density at radius 3 is 2.17 bits per heavy atom. The standard InChI is InChI=1S/C9H13NO2/c1-6(10-2)9-7(11)4-3-5-8(9)12/h3-6,10-12H,1-2H3/t6-/m0/s1. The third kappa shape index (κ3) is 1.51. The predicted octanol–water partition coefficient (Wildman–Crippen LogP) is 1.38. The maximum atomic E-state index is 9.39. The number of nitrogens with one attached hydrogen (secondary N) is 1. The minimum absolute atomic E-state index is 0.0498. The highest BCUT2D eigenvalue weighted by Crippen LogP contribution is 2.31. The summed E-state index contributed by atoms with van der Waals surface area (Å²) in [5.41, 5.74) is 0.542. The van der Waals surface area contributed by atoms with E-state index in [9.17, 15) is 10.2 Å². The lowest BCUT2D eigenvalue weighted by Gasteiger charge is -2.13. The smallest absolute Gasteiger partial charge is 0.124 e. The molecule has 3 N–H and O–H groups in total. The van der Waals surface area contributed by atoms with Crippen molar-refractivity contribution in [2.75, 3.05) is 7.05 Å². The van der Waals surface area contributed by atoms with Gasteiger partial charge in [0.25, 0.3) is 0 Å². The van der Waals surface area contributed by atoms with Crippen LogP contribution in [0.25, 0.3) is 0 Å². The minimum Gasteiger partial charge on any atom is -0.507 e. The highest BCUT2D eigenvalue weighted by atomic mass is 16.3. The molecule has 0 heterocycles. The first kappa shape index (κ1) is 8.87. The SMILES string of the molecule is CN[C@@H](C)c1c(O)cccc1O. The summed E-state index contributed by atoms with van der Waals surface area (Å²) in [6.07, 6.45) is 0. The molecule has 0 fully saturated rings. The number of rotatable bonds is 2. The zero-order chi connectivity index (χ0) is 9.14. The molecular weight excluding hydrogens is 154 g/mol. The molecule has 0 saturated heterocycles. The summed E-state index contributed by atoms with van der Waals surface area (Å²) in [6.45, 7) is 1.87. The van der Waals surface area contributed by atoms with Gasteiger partial charge in [-0.15, -0.1) is 0 Å². The number of hydrogen-bond donors (Lipinski definition) is 3. The Morgan fingerprint density at radius 2 is 1.75 bits per heavy atom. The molecule has 0 spiro atoms. The molecule has 1 rings (SSSR count). The molecule has 3 nitrogen and oxygen atoms in total. The fourth-order valence-corrected chi connectivity index (χ4v) is 1.13. The number of hydrogen-bond acceptors (Lipinski definition) is 3. The third-order valence-electron chi connectivity index (χ3n) is 1.93. The van der Waals surface area contributed by atoms with Crippen molar-refractivity contribution >= 4 is 0 Å². The molecule has 0 saturated carbocycles. The van der Waals surface area contributed by atoms with E-state index in [0.717, 1.165) is 0 Å². The molecule has 1 aromatic carbocycles. The van der Waals surface area contributed by atoms with Crippen molar-refractivity contribution in [3.8, 4) is 11.5 Å². The van der Waals surface area contributed by atoms with Crippen LogP contribution in [0, 0.1) is 0 Å². The van der Waals surface area contributed by atoms with Crippen LogP contribution in [0.4, 0.5) is 0 Å². The molecular formula is C9H13NO2. The van der Waals surface area contributed by atoms with Crippen molar-refractivity contribution in [2.45, 2.75) is 13.0 Å². The average molecular weight is 167 g/mol. The first-order valence-electron chi connectivity index (χ1n) is 3.85. The van der Waals surface area contributed by atoms with Gasteiger partial charge in [0.05, 0.1) is 5.56 Å². The lowest BCUT2D eigenvalue weighted by molar-refractivity contribution is 0.424. The highest BCUT2D eigenvalue weighted by Gasteiger charge is 2.12. The van der Waals surface area contributed by atoms with Gasteiger partial charge in [0, 0.05) is 6.04 Å². The van der Waals surface area contributed by atoms with Crippen LogP contribution in [0.5, 0.6) is 11.5 Å². The fourth-order valence-electron chi connectivity index (χ4n) is 1.13. The summed E-state index contributed by atoms with van der Waals surface area (Å²) in [7, 11) is 1.77.